The lowest BCUT2D eigenvalue weighted by Gasteiger charge is -2.14. The van der Waals surface area contributed by atoms with Crippen LogP contribution in [0.25, 0.3) is 5.69 Å². The number of rotatable bonds is 3. The highest BCUT2D eigenvalue weighted by Crippen LogP contribution is 2.33. The summed E-state index contributed by atoms with van der Waals surface area (Å²) in [6.07, 6.45) is 1.06. The second-order valence-corrected chi connectivity index (χ2v) is 5.04. The highest BCUT2D eigenvalue weighted by molar-refractivity contribution is 5.47. The second kappa shape index (κ2) is 4.54. The lowest BCUT2D eigenvalue weighted by Crippen LogP contribution is -2.11. The van der Waals surface area contributed by atoms with E-state index >= 15 is 0 Å². The van der Waals surface area contributed by atoms with E-state index in [2.05, 4.69) is 10.3 Å². The predicted molar refractivity (Wildman–Crippen MR) is 69.9 cm³/mol. The Morgan fingerprint density at radius 3 is 2.70 bits per heavy atom. The van der Waals surface area contributed by atoms with Crippen LogP contribution in [0.2, 0.25) is 0 Å². The Hall–Kier alpha value is -1.98. The van der Waals surface area contributed by atoms with E-state index in [4.69, 9.17) is 0 Å². The van der Waals surface area contributed by atoms with Crippen LogP contribution in [-0.2, 0) is 6.18 Å². The zero-order chi connectivity index (χ0) is 14.3. The molecule has 1 saturated carbocycles. The second-order valence-electron chi connectivity index (χ2n) is 5.04. The molecule has 0 unspecified atom stereocenters. The van der Waals surface area contributed by atoms with Crippen LogP contribution in [0.5, 0.6) is 0 Å². The average molecular weight is 281 g/mol. The summed E-state index contributed by atoms with van der Waals surface area (Å²) in [6, 6.07) is 4.71. The number of anilines is 1. The standard InChI is InChI=1S/C14H14F3N3/c1-9-2-5-11(8-12(9)14(15,16)17)20-7-6-18-13(20)19-10-3-4-10/h2,5-8,10H,3-4H2,1H3,(H,18,19). The summed E-state index contributed by atoms with van der Waals surface area (Å²) in [4.78, 5) is 4.16. The summed E-state index contributed by atoms with van der Waals surface area (Å²) in [5.74, 6) is 0.587. The van der Waals surface area contributed by atoms with Gasteiger partial charge in [0.05, 0.1) is 5.56 Å². The van der Waals surface area contributed by atoms with Gasteiger partial charge in [-0.3, -0.25) is 4.57 Å². The van der Waals surface area contributed by atoms with Gasteiger partial charge < -0.3 is 5.32 Å². The van der Waals surface area contributed by atoms with Crippen molar-refractivity contribution in [3.63, 3.8) is 0 Å². The Morgan fingerprint density at radius 1 is 1.30 bits per heavy atom. The van der Waals surface area contributed by atoms with E-state index in [-0.39, 0.29) is 5.56 Å². The first-order valence-corrected chi connectivity index (χ1v) is 6.43. The molecule has 2 aromatic rings. The molecular formula is C14H14F3N3. The topological polar surface area (TPSA) is 29.9 Å². The van der Waals surface area contributed by atoms with Gasteiger partial charge in [0.25, 0.3) is 0 Å². The van der Waals surface area contributed by atoms with Crippen LogP contribution in [0.3, 0.4) is 0 Å². The van der Waals surface area contributed by atoms with Crippen molar-refractivity contribution >= 4 is 5.95 Å². The first-order chi connectivity index (χ1) is 9.45. The molecule has 0 amide bonds. The molecule has 1 heterocycles. The number of nitrogens with zero attached hydrogens (tertiary/aromatic N) is 2. The van der Waals surface area contributed by atoms with Crippen molar-refractivity contribution in [2.45, 2.75) is 32.0 Å². The van der Waals surface area contributed by atoms with Gasteiger partial charge in [-0.1, -0.05) is 6.07 Å². The molecule has 3 rings (SSSR count). The van der Waals surface area contributed by atoms with Gasteiger partial charge in [0.1, 0.15) is 0 Å². The first kappa shape index (κ1) is 13.0. The van der Waals surface area contributed by atoms with Gasteiger partial charge in [0.2, 0.25) is 5.95 Å². The third-order valence-corrected chi connectivity index (χ3v) is 3.36. The minimum atomic E-state index is -4.34. The van der Waals surface area contributed by atoms with Crippen LogP contribution in [0.15, 0.2) is 30.6 Å². The van der Waals surface area contributed by atoms with Crippen molar-refractivity contribution in [3.8, 4) is 5.69 Å². The fraction of sp³-hybridized carbons (Fsp3) is 0.357. The van der Waals surface area contributed by atoms with Gasteiger partial charge in [-0.15, -0.1) is 0 Å². The summed E-state index contributed by atoms with van der Waals surface area (Å²) in [7, 11) is 0. The Labute approximate surface area is 114 Å². The van der Waals surface area contributed by atoms with E-state index in [1.807, 2.05) is 0 Å². The molecule has 1 fully saturated rings. The zero-order valence-electron chi connectivity index (χ0n) is 10.9. The summed E-state index contributed by atoms with van der Waals surface area (Å²) in [5.41, 5.74) is 0.0720. The van der Waals surface area contributed by atoms with Crippen molar-refractivity contribution in [1.82, 2.24) is 9.55 Å². The molecule has 106 valence electrons. The highest BCUT2D eigenvalue weighted by atomic mass is 19.4. The van der Waals surface area contributed by atoms with E-state index in [0.29, 0.717) is 17.7 Å². The van der Waals surface area contributed by atoms with Gasteiger partial charge in [-0.25, -0.2) is 4.98 Å². The van der Waals surface area contributed by atoms with Crippen LogP contribution in [0, 0.1) is 6.92 Å². The molecule has 1 N–H and O–H groups in total. The van der Waals surface area contributed by atoms with Crippen molar-refractivity contribution in [3.05, 3.63) is 41.7 Å². The summed E-state index contributed by atoms with van der Waals surface area (Å²) in [5, 5.41) is 3.21. The van der Waals surface area contributed by atoms with E-state index in [9.17, 15) is 13.2 Å². The number of aryl methyl sites for hydroxylation is 1. The average Bonchev–Trinajstić information content (AvgIpc) is 3.06. The van der Waals surface area contributed by atoms with Gasteiger partial charge in [-0.05, 0) is 37.5 Å². The minimum absolute atomic E-state index is 0.220. The van der Waals surface area contributed by atoms with E-state index < -0.39 is 11.7 Å². The highest BCUT2D eigenvalue weighted by Gasteiger charge is 2.32. The molecule has 0 spiro atoms. The van der Waals surface area contributed by atoms with Gasteiger partial charge >= 0.3 is 6.18 Å². The van der Waals surface area contributed by atoms with Gasteiger partial charge in [0.15, 0.2) is 0 Å². The maximum Gasteiger partial charge on any atom is 0.416 e. The molecule has 1 aliphatic rings. The number of halogens is 3. The Kier molecular flexibility index (Phi) is 2.96. The maximum atomic E-state index is 13.0. The number of benzene rings is 1. The van der Waals surface area contributed by atoms with E-state index in [1.54, 1.807) is 23.0 Å². The monoisotopic (exact) mass is 281 g/mol. The van der Waals surface area contributed by atoms with Gasteiger partial charge in [0, 0.05) is 24.1 Å². The number of alkyl halides is 3. The Morgan fingerprint density at radius 2 is 2.05 bits per heavy atom. The third kappa shape index (κ3) is 2.50. The summed E-state index contributed by atoms with van der Waals surface area (Å²) >= 11 is 0. The molecule has 0 saturated heterocycles. The zero-order valence-corrected chi connectivity index (χ0v) is 10.9. The van der Waals surface area contributed by atoms with Crippen molar-refractivity contribution in [2.24, 2.45) is 0 Å². The fourth-order valence-corrected chi connectivity index (χ4v) is 2.09. The molecule has 6 heteroatoms. The molecule has 1 aliphatic carbocycles. The molecule has 1 aromatic carbocycles. The number of hydrogen-bond acceptors (Lipinski definition) is 2. The molecular weight excluding hydrogens is 267 g/mol. The molecule has 0 radical (unpaired) electrons. The van der Waals surface area contributed by atoms with Crippen LogP contribution in [0.1, 0.15) is 24.0 Å². The molecule has 1 aromatic heterocycles. The van der Waals surface area contributed by atoms with E-state index in [1.165, 1.54) is 13.0 Å². The van der Waals surface area contributed by atoms with Crippen molar-refractivity contribution < 1.29 is 13.2 Å². The maximum absolute atomic E-state index is 13.0. The summed E-state index contributed by atoms with van der Waals surface area (Å²) < 4.78 is 40.5. The van der Waals surface area contributed by atoms with E-state index in [0.717, 1.165) is 18.9 Å². The molecule has 0 aliphatic heterocycles. The fourth-order valence-electron chi connectivity index (χ4n) is 2.09. The number of hydrogen-bond donors (Lipinski definition) is 1. The van der Waals surface area contributed by atoms with Crippen LogP contribution < -0.4 is 5.32 Å². The Bertz CT molecular complexity index is 627. The van der Waals surface area contributed by atoms with Crippen molar-refractivity contribution in [1.29, 1.82) is 0 Å². The van der Waals surface area contributed by atoms with Crippen molar-refractivity contribution in [2.75, 3.05) is 5.32 Å². The lowest BCUT2D eigenvalue weighted by atomic mass is 10.1. The van der Waals surface area contributed by atoms with Crippen LogP contribution in [0.4, 0.5) is 19.1 Å². The third-order valence-electron chi connectivity index (χ3n) is 3.36. The first-order valence-electron chi connectivity index (χ1n) is 6.43. The SMILES string of the molecule is Cc1ccc(-n2ccnc2NC2CC2)cc1C(F)(F)F. The van der Waals surface area contributed by atoms with Crippen LogP contribution >= 0.6 is 0 Å². The number of imidazole rings is 1. The number of nitrogens with one attached hydrogen (secondary N) is 1. The minimum Gasteiger partial charge on any atom is -0.353 e. The normalized spacial score (nSPS) is 15.4. The molecule has 0 atom stereocenters. The Balaban J connectivity index is 2.00. The molecule has 20 heavy (non-hydrogen) atoms. The molecule has 3 nitrogen and oxygen atoms in total. The summed E-state index contributed by atoms with van der Waals surface area (Å²) in [6.45, 7) is 1.46. The smallest absolute Gasteiger partial charge is 0.353 e. The largest absolute Gasteiger partial charge is 0.416 e. The molecule has 0 bridgehead atoms. The number of aromatic nitrogens is 2. The van der Waals surface area contributed by atoms with Crippen LogP contribution in [-0.4, -0.2) is 15.6 Å². The predicted octanol–water partition coefficient (Wildman–Crippen LogP) is 3.77. The lowest BCUT2D eigenvalue weighted by molar-refractivity contribution is -0.138. The van der Waals surface area contributed by atoms with Gasteiger partial charge in [-0.2, -0.15) is 13.2 Å². The quantitative estimate of drug-likeness (QED) is 0.928.